The molecule has 1 fully saturated rings. The summed E-state index contributed by atoms with van der Waals surface area (Å²) >= 11 is 0. The number of para-hydroxylation sites is 1. The van der Waals surface area contributed by atoms with Crippen LogP contribution in [0.4, 0.5) is 10.1 Å². The number of fused-ring (bicyclic) bond motifs is 1. The maximum atomic E-state index is 13.5. The van der Waals surface area contributed by atoms with Crippen LogP contribution < -0.4 is 4.90 Å². The summed E-state index contributed by atoms with van der Waals surface area (Å²) in [6.45, 7) is 2.82. The van der Waals surface area contributed by atoms with Crippen molar-refractivity contribution in [2.75, 3.05) is 31.1 Å². The topological polar surface area (TPSA) is 49.3 Å². The van der Waals surface area contributed by atoms with Gasteiger partial charge in [-0.15, -0.1) is 0 Å². The number of aromatic nitrogens is 2. The zero-order valence-corrected chi connectivity index (χ0v) is 16.9. The van der Waals surface area contributed by atoms with Gasteiger partial charge in [0, 0.05) is 55.2 Å². The number of pyridine rings is 2. The minimum Gasteiger partial charge on any atom is -0.368 e. The number of piperazine rings is 1. The fraction of sp³-hybridized carbons (Fsp3) is 0.160. The molecule has 1 saturated heterocycles. The van der Waals surface area contributed by atoms with Gasteiger partial charge in [0.05, 0.1) is 16.8 Å². The van der Waals surface area contributed by atoms with E-state index in [0.29, 0.717) is 24.3 Å². The normalized spacial score (nSPS) is 14.1. The summed E-state index contributed by atoms with van der Waals surface area (Å²) in [5, 5.41) is 0.829. The molecule has 0 N–H and O–H groups in total. The highest BCUT2D eigenvalue weighted by molar-refractivity contribution is 6.07. The van der Waals surface area contributed by atoms with Gasteiger partial charge in [-0.1, -0.05) is 18.2 Å². The van der Waals surface area contributed by atoms with Gasteiger partial charge in [-0.2, -0.15) is 0 Å². The summed E-state index contributed by atoms with van der Waals surface area (Å²) in [4.78, 5) is 26.4. The molecule has 5 rings (SSSR count). The average Bonchev–Trinajstić information content (AvgIpc) is 2.84. The molecule has 0 bridgehead atoms. The maximum Gasteiger partial charge on any atom is 0.254 e. The van der Waals surface area contributed by atoms with Crippen molar-refractivity contribution in [1.29, 1.82) is 0 Å². The van der Waals surface area contributed by atoms with Crippen molar-refractivity contribution < 1.29 is 9.18 Å². The van der Waals surface area contributed by atoms with E-state index >= 15 is 0 Å². The number of carbonyl (C=O) groups excluding carboxylic acids is 1. The summed E-state index contributed by atoms with van der Waals surface area (Å²) in [6.07, 6.45) is 3.57. The molecule has 2 aromatic carbocycles. The summed E-state index contributed by atoms with van der Waals surface area (Å²) in [5.41, 5.74) is 3.95. The van der Waals surface area contributed by atoms with E-state index in [9.17, 15) is 9.18 Å². The van der Waals surface area contributed by atoms with Gasteiger partial charge in [0.2, 0.25) is 0 Å². The van der Waals surface area contributed by atoms with Crippen molar-refractivity contribution in [3.8, 4) is 11.3 Å². The van der Waals surface area contributed by atoms with Crippen molar-refractivity contribution in [2.24, 2.45) is 0 Å². The zero-order valence-electron chi connectivity index (χ0n) is 16.9. The third-order valence-corrected chi connectivity index (χ3v) is 5.68. The van der Waals surface area contributed by atoms with E-state index in [-0.39, 0.29) is 11.7 Å². The van der Waals surface area contributed by atoms with Crippen LogP contribution in [0.3, 0.4) is 0 Å². The van der Waals surface area contributed by atoms with Crippen molar-refractivity contribution in [3.05, 3.63) is 90.5 Å². The summed E-state index contributed by atoms with van der Waals surface area (Å²) in [5.74, 6) is -0.302. The van der Waals surface area contributed by atoms with E-state index in [1.807, 2.05) is 47.4 Å². The Hall–Kier alpha value is -3.80. The number of amides is 1. The van der Waals surface area contributed by atoms with Gasteiger partial charge in [0.1, 0.15) is 5.82 Å². The van der Waals surface area contributed by atoms with Gasteiger partial charge >= 0.3 is 0 Å². The summed E-state index contributed by atoms with van der Waals surface area (Å²) < 4.78 is 13.4. The lowest BCUT2D eigenvalue weighted by atomic mass is 10.0. The molecule has 0 unspecified atom stereocenters. The minimum atomic E-state index is -0.298. The van der Waals surface area contributed by atoms with Crippen LogP contribution in [0.5, 0.6) is 0 Å². The monoisotopic (exact) mass is 412 g/mol. The van der Waals surface area contributed by atoms with Crippen LogP contribution in [0.15, 0.2) is 79.1 Å². The number of anilines is 1. The molecule has 0 saturated carbocycles. The molecule has 1 aliphatic heterocycles. The molecule has 0 spiro atoms. The SMILES string of the molecule is O=C(c1cc(-c2ccc(F)cc2)nc2ccccc12)N1CCN(c2ccncc2)CC1. The molecule has 0 radical (unpaired) electrons. The standard InChI is InChI=1S/C25H21FN4O/c26-19-7-5-18(6-8-19)24-17-22(21-3-1-2-4-23(21)28-24)25(31)30-15-13-29(14-16-30)20-9-11-27-12-10-20/h1-12,17H,13-16H2. The predicted molar refractivity (Wildman–Crippen MR) is 119 cm³/mol. The Morgan fingerprint density at radius 2 is 1.58 bits per heavy atom. The molecule has 154 valence electrons. The first kappa shape index (κ1) is 19.2. The predicted octanol–water partition coefficient (Wildman–Crippen LogP) is 4.40. The van der Waals surface area contributed by atoms with Crippen molar-refractivity contribution in [2.45, 2.75) is 0 Å². The van der Waals surface area contributed by atoms with Crippen molar-refractivity contribution >= 4 is 22.5 Å². The minimum absolute atomic E-state index is 0.00339. The number of hydrogen-bond donors (Lipinski definition) is 0. The number of hydrogen-bond acceptors (Lipinski definition) is 4. The lowest BCUT2D eigenvalue weighted by Gasteiger charge is -2.36. The molecule has 5 nitrogen and oxygen atoms in total. The molecular weight excluding hydrogens is 391 g/mol. The van der Waals surface area contributed by atoms with Crippen molar-refractivity contribution in [3.63, 3.8) is 0 Å². The van der Waals surface area contributed by atoms with Gasteiger partial charge < -0.3 is 9.80 Å². The van der Waals surface area contributed by atoms with Crippen LogP contribution in [-0.4, -0.2) is 47.0 Å². The molecule has 0 aliphatic carbocycles. The Morgan fingerprint density at radius 3 is 2.32 bits per heavy atom. The van der Waals surface area contributed by atoms with Crippen LogP contribution in [-0.2, 0) is 0 Å². The molecule has 31 heavy (non-hydrogen) atoms. The molecular formula is C25H21FN4O. The highest BCUT2D eigenvalue weighted by atomic mass is 19.1. The first-order chi connectivity index (χ1) is 15.2. The maximum absolute atomic E-state index is 13.5. The van der Waals surface area contributed by atoms with E-state index in [4.69, 9.17) is 4.98 Å². The van der Waals surface area contributed by atoms with E-state index in [1.165, 1.54) is 12.1 Å². The van der Waals surface area contributed by atoms with E-state index < -0.39 is 0 Å². The first-order valence-electron chi connectivity index (χ1n) is 10.3. The molecule has 3 heterocycles. The van der Waals surface area contributed by atoms with Crippen LogP contribution >= 0.6 is 0 Å². The Balaban J connectivity index is 1.45. The molecule has 2 aromatic heterocycles. The highest BCUT2D eigenvalue weighted by Gasteiger charge is 2.24. The number of rotatable bonds is 3. The average molecular weight is 412 g/mol. The van der Waals surface area contributed by atoms with E-state index in [0.717, 1.165) is 35.2 Å². The summed E-state index contributed by atoms with van der Waals surface area (Å²) in [7, 11) is 0. The molecule has 1 amide bonds. The van der Waals surface area contributed by atoms with Gasteiger partial charge in [0.25, 0.3) is 5.91 Å². The number of benzene rings is 2. The van der Waals surface area contributed by atoms with Crippen LogP contribution in [0, 0.1) is 5.82 Å². The number of halogens is 1. The lowest BCUT2D eigenvalue weighted by Crippen LogP contribution is -2.48. The number of carbonyl (C=O) groups is 1. The number of nitrogens with zero attached hydrogens (tertiary/aromatic N) is 4. The van der Waals surface area contributed by atoms with Crippen LogP contribution in [0.25, 0.3) is 22.2 Å². The van der Waals surface area contributed by atoms with Crippen LogP contribution in [0.2, 0.25) is 0 Å². The van der Waals surface area contributed by atoms with E-state index in [1.54, 1.807) is 24.5 Å². The third kappa shape index (κ3) is 3.84. The zero-order chi connectivity index (χ0) is 21.2. The fourth-order valence-corrected chi connectivity index (χ4v) is 4.01. The quantitative estimate of drug-likeness (QED) is 0.501. The fourth-order valence-electron chi connectivity index (χ4n) is 4.01. The van der Waals surface area contributed by atoms with E-state index in [2.05, 4.69) is 9.88 Å². The first-order valence-corrected chi connectivity index (χ1v) is 10.3. The summed E-state index contributed by atoms with van der Waals surface area (Å²) in [6, 6.07) is 19.7. The second kappa shape index (κ2) is 8.14. The third-order valence-electron chi connectivity index (χ3n) is 5.68. The smallest absolute Gasteiger partial charge is 0.254 e. The molecule has 0 atom stereocenters. The second-order valence-electron chi connectivity index (χ2n) is 7.56. The Bertz CT molecular complexity index is 1220. The Kier molecular flexibility index (Phi) is 5.04. The Labute approximate surface area is 179 Å². The van der Waals surface area contributed by atoms with Crippen LogP contribution in [0.1, 0.15) is 10.4 Å². The Morgan fingerprint density at radius 1 is 0.871 bits per heavy atom. The largest absolute Gasteiger partial charge is 0.368 e. The second-order valence-corrected chi connectivity index (χ2v) is 7.56. The molecule has 4 aromatic rings. The highest BCUT2D eigenvalue weighted by Crippen LogP contribution is 2.27. The molecule has 6 heteroatoms. The lowest BCUT2D eigenvalue weighted by molar-refractivity contribution is 0.0748. The van der Waals surface area contributed by atoms with Gasteiger partial charge in [0.15, 0.2) is 0 Å². The van der Waals surface area contributed by atoms with Gasteiger partial charge in [-0.25, -0.2) is 9.37 Å². The molecule has 1 aliphatic rings. The van der Waals surface area contributed by atoms with Gasteiger partial charge in [-0.3, -0.25) is 9.78 Å². The van der Waals surface area contributed by atoms with Gasteiger partial charge in [-0.05, 0) is 48.5 Å². The van der Waals surface area contributed by atoms with Crippen molar-refractivity contribution in [1.82, 2.24) is 14.9 Å².